The Morgan fingerprint density at radius 2 is 1.29 bits per heavy atom. The third kappa shape index (κ3) is 6.97. The maximum atomic E-state index is 14.2. The van der Waals surface area contributed by atoms with Crippen molar-refractivity contribution in [2.24, 2.45) is 0 Å². The van der Waals surface area contributed by atoms with E-state index in [0.29, 0.717) is 24.2 Å². The first kappa shape index (κ1) is 39.1. The topological polar surface area (TPSA) is 198 Å². The summed E-state index contributed by atoms with van der Waals surface area (Å²) in [5.74, 6) is -4.40. The van der Waals surface area contributed by atoms with Crippen LogP contribution in [0.5, 0.6) is 0 Å². The number of carbonyl (C=O) groups is 8. The fraction of sp³-hybridized carbons (Fsp3) is 0.474. The highest BCUT2D eigenvalue weighted by Crippen LogP contribution is 2.51. The van der Waals surface area contributed by atoms with E-state index < -0.39 is 81.8 Å². The van der Waals surface area contributed by atoms with Gasteiger partial charge in [0.15, 0.2) is 0 Å². The van der Waals surface area contributed by atoms with Crippen molar-refractivity contribution in [2.45, 2.75) is 85.1 Å². The Kier molecular flexibility index (Phi) is 10.3. The van der Waals surface area contributed by atoms with Gasteiger partial charge in [-0.15, -0.1) is 23.5 Å². The molecule has 7 rings (SSSR count). The highest BCUT2D eigenvalue weighted by atomic mass is 32.2. The normalized spacial score (nSPS) is 27.0. The summed E-state index contributed by atoms with van der Waals surface area (Å²) in [6, 6.07) is 10.7. The van der Waals surface area contributed by atoms with E-state index in [1.54, 1.807) is 98.1 Å². The standard InChI is InChI=1S/C38H44N8O8S2/c1-6-43-17-18-44(33(53)32(43)52)36(54)42-23(21-15-11-8-12-16-21)28(48)41-25-31(51)46-26(38(4,5)56-35(25)46)29(49)39-22(20-13-9-7-10-14-20)27(47)40-24-30(50)45-19-37(2,3)55-34(24)45/h7-16,22-26,34-35H,6,17-19H2,1-5H3,(H,39,49)(H,40,47)(H,41,48)(H,42,54)/t22-,23-,24-,25-,26+,34-,35-/m1/s1. The molecule has 296 valence electrons. The van der Waals surface area contributed by atoms with E-state index in [9.17, 15) is 38.4 Å². The highest BCUT2D eigenvalue weighted by Gasteiger charge is 2.64. The molecule has 5 aliphatic heterocycles. The van der Waals surface area contributed by atoms with Gasteiger partial charge >= 0.3 is 17.8 Å². The van der Waals surface area contributed by atoms with E-state index >= 15 is 0 Å². The van der Waals surface area contributed by atoms with Crippen LogP contribution in [0.4, 0.5) is 4.79 Å². The predicted molar refractivity (Wildman–Crippen MR) is 206 cm³/mol. The Balaban J connectivity index is 1.05. The maximum Gasteiger partial charge on any atom is 0.325 e. The number of rotatable bonds is 10. The number of nitrogens with one attached hydrogen (secondary N) is 4. The summed E-state index contributed by atoms with van der Waals surface area (Å²) >= 11 is 2.93. The van der Waals surface area contributed by atoms with Crippen LogP contribution in [-0.4, -0.2) is 132 Å². The van der Waals surface area contributed by atoms with Gasteiger partial charge in [0.25, 0.3) is 0 Å². The first-order chi connectivity index (χ1) is 26.5. The summed E-state index contributed by atoms with van der Waals surface area (Å²) in [6.07, 6.45) is 0. The molecule has 0 radical (unpaired) electrons. The monoisotopic (exact) mass is 804 g/mol. The maximum absolute atomic E-state index is 14.2. The summed E-state index contributed by atoms with van der Waals surface area (Å²) in [5.41, 5.74) is 0.871. The molecular weight excluding hydrogens is 761 g/mol. The van der Waals surface area contributed by atoms with Crippen molar-refractivity contribution in [2.75, 3.05) is 26.2 Å². The molecule has 5 aliphatic rings. The predicted octanol–water partition coefficient (Wildman–Crippen LogP) is 0.711. The SMILES string of the molecule is CCN1CCN(C(=O)N[C@@H](C(=O)N[C@@H]2C(=O)N3[C@@H]2SC(C)(C)[C@@H]3C(=O)N[C@@H](C(=O)N[C@@H]2C(=O)N3CC(C)(C)S[C@H]23)c2ccccc2)c2ccccc2)C(=O)C1=O. The van der Waals surface area contributed by atoms with Crippen LogP contribution in [0.2, 0.25) is 0 Å². The van der Waals surface area contributed by atoms with Gasteiger partial charge in [-0.3, -0.25) is 38.5 Å². The molecule has 18 heteroatoms. The number of carbonyl (C=O) groups excluding carboxylic acids is 8. The van der Waals surface area contributed by atoms with Crippen molar-refractivity contribution in [3.05, 3.63) is 71.8 Å². The van der Waals surface area contributed by atoms with Gasteiger partial charge in [0.05, 0.1) is 0 Å². The van der Waals surface area contributed by atoms with Crippen LogP contribution in [0.3, 0.4) is 0 Å². The fourth-order valence-corrected chi connectivity index (χ4v) is 11.0. The minimum atomic E-state index is -1.33. The van der Waals surface area contributed by atoms with Crippen LogP contribution in [-0.2, 0) is 33.6 Å². The molecule has 0 saturated carbocycles. The van der Waals surface area contributed by atoms with Gasteiger partial charge in [-0.25, -0.2) is 4.79 Å². The molecule has 7 atom stereocenters. The first-order valence-corrected chi connectivity index (χ1v) is 20.2. The molecule has 0 spiro atoms. The number of β-lactam (4-membered cyclic amide) rings is 2. The minimum absolute atomic E-state index is 0.0529. The molecule has 0 aliphatic carbocycles. The molecule has 5 fully saturated rings. The zero-order valence-corrected chi connectivity index (χ0v) is 33.1. The van der Waals surface area contributed by atoms with Crippen molar-refractivity contribution in [3.8, 4) is 0 Å². The van der Waals surface area contributed by atoms with Gasteiger partial charge in [0.2, 0.25) is 29.5 Å². The summed E-state index contributed by atoms with van der Waals surface area (Å²) < 4.78 is -1.02. The number of nitrogens with zero attached hydrogens (tertiary/aromatic N) is 4. The number of hydrogen-bond donors (Lipinski definition) is 4. The molecule has 0 aromatic heterocycles. The second-order valence-corrected chi connectivity index (χ2v) is 19.0. The van der Waals surface area contributed by atoms with Crippen LogP contribution < -0.4 is 21.3 Å². The van der Waals surface area contributed by atoms with Gasteiger partial charge in [-0.1, -0.05) is 60.7 Å². The molecule has 56 heavy (non-hydrogen) atoms. The highest BCUT2D eigenvalue weighted by molar-refractivity contribution is 8.02. The van der Waals surface area contributed by atoms with Gasteiger partial charge in [0.1, 0.15) is 41.0 Å². The lowest BCUT2D eigenvalue weighted by molar-refractivity contribution is -0.156. The third-order valence-corrected chi connectivity index (χ3v) is 13.8. The lowest BCUT2D eigenvalue weighted by Crippen LogP contribution is -2.72. The molecule has 16 nitrogen and oxygen atoms in total. The quantitative estimate of drug-likeness (QED) is 0.196. The Morgan fingerprint density at radius 3 is 1.86 bits per heavy atom. The molecule has 0 bridgehead atoms. The van der Waals surface area contributed by atoms with Crippen molar-refractivity contribution in [1.82, 2.24) is 40.9 Å². The Morgan fingerprint density at radius 1 is 0.732 bits per heavy atom. The average Bonchev–Trinajstić information content (AvgIpc) is 3.62. The molecule has 0 unspecified atom stereocenters. The van der Waals surface area contributed by atoms with Crippen LogP contribution in [0.15, 0.2) is 60.7 Å². The largest absolute Gasteiger partial charge is 0.340 e. The number of urea groups is 1. The van der Waals surface area contributed by atoms with E-state index in [2.05, 4.69) is 21.3 Å². The van der Waals surface area contributed by atoms with Crippen LogP contribution in [0.25, 0.3) is 0 Å². The lowest BCUT2D eigenvalue weighted by Gasteiger charge is -2.45. The number of thioether (sulfide) groups is 2. The summed E-state index contributed by atoms with van der Waals surface area (Å²) in [6.45, 7) is 10.4. The van der Waals surface area contributed by atoms with Crippen molar-refractivity contribution < 1.29 is 38.4 Å². The van der Waals surface area contributed by atoms with Crippen LogP contribution >= 0.6 is 23.5 Å². The molecule has 4 N–H and O–H groups in total. The Hall–Kier alpha value is -5.10. The fourth-order valence-electron chi connectivity index (χ4n) is 7.86. The van der Waals surface area contributed by atoms with Gasteiger partial charge < -0.3 is 36.0 Å². The number of benzene rings is 2. The molecule has 2 aromatic rings. The van der Waals surface area contributed by atoms with Gasteiger partial charge in [0, 0.05) is 35.7 Å². The third-order valence-electron chi connectivity index (χ3n) is 10.7. The lowest BCUT2D eigenvalue weighted by atomic mass is 9.94. The number of hydrogen-bond acceptors (Lipinski definition) is 10. The van der Waals surface area contributed by atoms with Crippen molar-refractivity contribution in [3.63, 3.8) is 0 Å². The van der Waals surface area contributed by atoms with Crippen molar-refractivity contribution >= 4 is 70.9 Å². The van der Waals surface area contributed by atoms with Crippen molar-refractivity contribution in [1.29, 1.82) is 0 Å². The summed E-state index contributed by atoms with van der Waals surface area (Å²) in [4.78, 5) is 113. The second-order valence-electron chi connectivity index (χ2n) is 15.5. The van der Waals surface area contributed by atoms with E-state index in [1.165, 1.54) is 21.6 Å². The zero-order chi connectivity index (χ0) is 40.3. The van der Waals surface area contributed by atoms with E-state index in [0.717, 1.165) is 4.90 Å². The molecule has 5 heterocycles. The first-order valence-electron chi connectivity index (χ1n) is 18.4. The molecule has 5 saturated heterocycles. The number of piperazine rings is 1. The number of fused-ring (bicyclic) bond motifs is 2. The molecular formula is C38H44N8O8S2. The summed E-state index contributed by atoms with van der Waals surface area (Å²) in [5, 5.41) is 10.2. The van der Waals surface area contributed by atoms with Gasteiger partial charge in [-0.2, -0.15) is 0 Å². The molecule has 9 amide bonds. The summed E-state index contributed by atoms with van der Waals surface area (Å²) in [7, 11) is 0. The smallest absolute Gasteiger partial charge is 0.325 e. The molecule has 2 aromatic carbocycles. The average molecular weight is 805 g/mol. The van der Waals surface area contributed by atoms with E-state index in [4.69, 9.17) is 0 Å². The van der Waals surface area contributed by atoms with Crippen LogP contribution in [0.1, 0.15) is 57.8 Å². The Labute approximate surface area is 332 Å². The second kappa shape index (κ2) is 14.8. The number of amides is 9. The van der Waals surface area contributed by atoms with Crippen LogP contribution in [0, 0.1) is 0 Å². The Bertz CT molecular complexity index is 1980. The van der Waals surface area contributed by atoms with Gasteiger partial charge in [-0.05, 0) is 45.7 Å². The number of likely N-dealkylation sites (N-methyl/N-ethyl adjacent to an activating group) is 1. The van der Waals surface area contributed by atoms with E-state index in [1.807, 2.05) is 13.8 Å². The van der Waals surface area contributed by atoms with E-state index in [-0.39, 0.29) is 29.1 Å². The minimum Gasteiger partial charge on any atom is -0.340 e. The number of imide groups is 1. The zero-order valence-electron chi connectivity index (χ0n) is 31.5.